The zero-order valence-electron chi connectivity index (χ0n) is 10.2. The summed E-state index contributed by atoms with van der Waals surface area (Å²) in [7, 11) is -3.54. The first-order valence-electron chi connectivity index (χ1n) is 4.93. The van der Waals surface area contributed by atoms with Gasteiger partial charge in [0.1, 0.15) is 5.75 Å². The number of anilines is 1. The minimum atomic E-state index is -3.54. The molecule has 0 aliphatic carbocycles. The van der Waals surface area contributed by atoms with E-state index in [2.05, 4.69) is 9.97 Å². The predicted octanol–water partition coefficient (Wildman–Crippen LogP) is 0.276. The SMILES string of the molecule is Cc1cc(OS(C)(=O)=O)c(C)c2[nH]c(N)nc12.O. The lowest BCUT2D eigenvalue weighted by Gasteiger charge is -2.08. The predicted molar refractivity (Wildman–Crippen MR) is 69.1 cm³/mol. The highest BCUT2D eigenvalue weighted by atomic mass is 32.2. The van der Waals surface area contributed by atoms with Crippen LogP contribution in [0.3, 0.4) is 0 Å². The van der Waals surface area contributed by atoms with Crippen LogP contribution in [0.1, 0.15) is 11.1 Å². The normalized spacial score (nSPS) is 11.3. The van der Waals surface area contributed by atoms with Crippen molar-refractivity contribution in [2.24, 2.45) is 0 Å². The first-order chi connectivity index (χ1) is 7.78. The topological polar surface area (TPSA) is 130 Å². The fraction of sp³-hybridized carbons (Fsp3) is 0.300. The van der Waals surface area contributed by atoms with Gasteiger partial charge in [-0.3, -0.25) is 0 Å². The van der Waals surface area contributed by atoms with E-state index in [1.54, 1.807) is 13.0 Å². The second-order valence-corrected chi connectivity index (χ2v) is 5.52. The van der Waals surface area contributed by atoms with Crippen LogP contribution in [-0.4, -0.2) is 30.1 Å². The second kappa shape index (κ2) is 4.46. The zero-order valence-corrected chi connectivity index (χ0v) is 11.1. The fourth-order valence-electron chi connectivity index (χ4n) is 1.69. The Morgan fingerprint density at radius 1 is 1.39 bits per heavy atom. The van der Waals surface area contributed by atoms with Gasteiger partial charge in [0, 0.05) is 5.56 Å². The van der Waals surface area contributed by atoms with Crippen molar-refractivity contribution < 1.29 is 18.1 Å². The van der Waals surface area contributed by atoms with E-state index in [1.807, 2.05) is 6.92 Å². The van der Waals surface area contributed by atoms with Gasteiger partial charge < -0.3 is 20.4 Å². The summed E-state index contributed by atoms with van der Waals surface area (Å²) in [5.74, 6) is 0.587. The summed E-state index contributed by atoms with van der Waals surface area (Å²) in [4.78, 5) is 7.01. The molecule has 0 saturated carbocycles. The highest BCUT2D eigenvalue weighted by Gasteiger charge is 2.14. The number of imidazole rings is 1. The van der Waals surface area contributed by atoms with E-state index >= 15 is 0 Å². The van der Waals surface area contributed by atoms with Gasteiger partial charge in [-0.2, -0.15) is 8.42 Å². The van der Waals surface area contributed by atoms with Crippen LogP contribution in [0.25, 0.3) is 11.0 Å². The van der Waals surface area contributed by atoms with E-state index in [0.29, 0.717) is 22.8 Å². The molecule has 2 rings (SSSR count). The summed E-state index contributed by atoms with van der Waals surface area (Å²) in [6.07, 6.45) is 1.01. The molecule has 7 nitrogen and oxygen atoms in total. The minimum absolute atomic E-state index is 0. The molecule has 0 fully saturated rings. The number of H-pyrrole nitrogens is 1. The minimum Gasteiger partial charge on any atom is -0.412 e. The molecule has 18 heavy (non-hydrogen) atoms. The smallest absolute Gasteiger partial charge is 0.306 e. The van der Waals surface area contributed by atoms with Gasteiger partial charge in [-0.25, -0.2) is 4.98 Å². The van der Waals surface area contributed by atoms with E-state index in [-0.39, 0.29) is 5.48 Å². The largest absolute Gasteiger partial charge is 0.412 e. The summed E-state index contributed by atoms with van der Waals surface area (Å²) < 4.78 is 27.2. The number of nitrogens with one attached hydrogen (secondary N) is 1. The number of aromatic nitrogens is 2. The molecular formula is C10H15N3O4S. The van der Waals surface area contributed by atoms with Crippen molar-refractivity contribution in [1.29, 1.82) is 0 Å². The third-order valence-corrected chi connectivity index (χ3v) is 2.91. The maximum Gasteiger partial charge on any atom is 0.306 e. The van der Waals surface area contributed by atoms with Crippen molar-refractivity contribution in [3.05, 3.63) is 17.2 Å². The molecule has 5 N–H and O–H groups in total. The number of nitrogens with zero attached hydrogens (tertiary/aromatic N) is 1. The Kier molecular flexibility index (Phi) is 3.54. The molecule has 8 heteroatoms. The summed E-state index contributed by atoms with van der Waals surface area (Å²) in [5.41, 5.74) is 8.47. The fourth-order valence-corrected chi connectivity index (χ4v) is 2.19. The third kappa shape index (κ3) is 2.54. The first-order valence-corrected chi connectivity index (χ1v) is 6.74. The number of nitrogen functional groups attached to an aromatic ring is 1. The Morgan fingerprint density at radius 2 is 2.00 bits per heavy atom. The monoisotopic (exact) mass is 273 g/mol. The molecule has 0 spiro atoms. The Hall–Kier alpha value is -1.80. The Labute approximate surface area is 104 Å². The van der Waals surface area contributed by atoms with Gasteiger partial charge in [-0.15, -0.1) is 0 Å². The first kappa shape index (κ1) is 14.3. The van der Waals surface area contributed by atoms with E-state index in [0.717, 1.165) is 17.3 Å². The maximum atomic E-state index is 11.1. The van der Waals surface area contributed by atoms with Gasteiger partial charge in [-0.05, 0) is 25.5 Å². The van der Waals surface area contributed by atoms with Gasteiger partial charge >= 0.3 is 10.1 Å². The molecule has 1 aromatic carbocycles. The quantitative estimate of drug-likeness (QED) is 0.759. The highest BCUT2D eigenvalue weighted by Crippen LogP contribution is 2.30. The number of nitrogens with two attached hydrogens (primary N) is 1. The number of aromatic amines is 1. The van der Waals surface area contributed by atoms with Gasteiger partial charge in [0.25, 0.3) is 0 Å². The number of hydrogen-bond donors (Lipinski definition) is 2. The summed E-state index contributed by atoms with van der Waals surface area (Å²) in [6.45, 7) is 3.57. The summed E-state index contributed by atoms with van der Waals surface area (Å²) in [5, 5.41) is 0. The molecule has 0 saturated heterocycles. The Morgan fingerprint density at radius 3 is 2.56 bits per heavy atom. The van der Waals surface area contributed by atoms with Crippen LogP contribution in [0.5, 0.6) is 5.75 Å². The van der Waals surface area contributed by atoms with Crippen molar-refractivity contribution in [3.63, 3.8) is 0 Å². The summed E-state index contributed by atoms with van der Waals surface area (Å²) >= 11 is 0. The van der Waals surface area contributed by atoms with E-state index in [9.17, 15) is 8.42 Å². The number of hydrogen-bond acceptors (Lipinski definition) is 5. The zero-order chi connectivity index (χ0) is 12.8. The summed E-state index contributed by atoms with van der Waals surface area (Å²) in [6, 6.07) is 1.64. The molecule has 0 radical (unpaired) electrons. The number of aryl methyl sites for hydroxylation is 2. The van der Waals surface area contributed by atoms with Crippen molar-refractivity contribution >= 4 is 27.1 Å². The molecule has 0 unspecified atom stereocenters. The molecular weight excluding hydrogens is 258 g/mol. The van der Waals surface area contributed by atoms with Crippen LogP contribution < -0.4 is 9.92 Å². The number of benzene rings is 1. The standard InChI is InChI=1S/C10H13N3O3S.H2O/c1-5-4-7(16-17(3,14)15)6(2)9-8(5)12-10(11)13-9;/h4H,1-3H3,(H3,11,12,13);1H2. The average molecular weight is 273 g/mol. The Bertz CT molecular complexity index is 691. The lowest BCUT2D eigenvalue weighted by molar-refractivity contribution is 0.491. The van der Waals surface area contributed by atoms with Gasteiger partial charge in [0.05, 0.1) is 17.3 Å². The Balaban J connectivity index is 0.00000162. The van der Waals surface area contributed by atoms with Crippen LogP contribution in [-0.2, 0) is 10.1 Å². The molecule has 100 valence electrons. The van der Waals surface area contributed by atoms with Crippen molar-refractivity contribution in [3.8, 4) is 5.75 Å². The van der Waals surface area contributed by atoms with E-state index < -0.39 is 10.1 Å². The van der Waals surface area contributed by atoms with Gasteiger partial charge in [-0.1, -0.05) is 0 Å². The van der Waals surface area contributed by atoms with Crippen LogP contribution in [0, 0.1) is 13.8 Å². The van der Waals surface area contributed by atoms with E-state index in [4.69, 9.17) is 9.92 Å². The van der Waals surface area contributed by atoms with Gasteiger partial charge in [0.15, 0.2) is 5.95 Å². The number of rotatable bonds is 2. The van der Waals surface area contributed by atoms with Crippen molar-refractivity contribution in [2.45, 2.75) is 13.8 Å². The molecule has 0 amide bonds. The molecule has 1 aromatic heterocycles. The number of fused-ring (bicyclic) bond motifs is 1. The molecule has 1 heterocycles. The third-order valence-electron chi connectivity index (χ3n) is 2.43. The molecule has 0 bridgehead atoms. The second-order valence-electron chi connectivity index (χ2n) is 3.95. The van der Waals surface area contributed by atoms with E-state index in [1.165, 1.54) is 0 Å². The molecule has 0 aliphatic heterocycles. The molecule has 2 aromatic rings. The lowest BCUT2D eigenvalue weighted by Crippen LogP contribution is -2.07. The van der Waals surface area contributed by atoms with Crippen LogP contribution in [0.2, 0.25) is 0 Å². The highest BCUT2D eigenvalue weighted by molar-refractivity contribution is 7.86. The molecule has 0 aliphatic rings. The maximum absolute atomic E-state index is 11.1. The van der Waals surface area contributed by atoms with Crippen molar-refractivity contribution in [2.75, 3.05) is 12.0 Å². The lowest BCUT2D eigenvalue weighted by atomic mass is 10.1. The average Bonchev–Trinajstić information content (AvgIpc) is 2.54. The van der Waals surface area contributed by atoms with Crippen LogP contribution in [0.15, 0.2) is 6.07 Å². The van der Waals surface area contributed by atoms with Gasteiger partial charge in [0.2, 0.25) is 0 Å². The molecule has 0 atom stereocenters. The van der Waals surface area contributed by atoms with Crippen LogP contribution in [0.4, 0.5) is 5.95 Å². The van der Waals surface area contributed by atoms with Crippen molar-refractivity contribution in [1.82, 2.24) is 9.97 Å². The van der Waals surface area contributed by atoms with Crippen LogP contribution >= 0.6 is 0 Å².